The SMILES string of the molecule is Cc1cc(CNC2CCCS(=O)(=O)C2)ccc1F. The summed E-state index contributed by atoms with van der Waals surface area (Å²) >= 11 is 0. The summed E-state index contributed by atoms with van der Waals surface area (Å²) < 4.78 is 36.1. The van der Waals surface area contributed by atoms with Crippen molar-refractivity contribution >= 4 is 9.84 Å². The van der Waals surface area contributed by atoms with E-state index in [2.05, 4.69) is 5.32 Å². The fourth-order valence-electron chi connectivity index (χ4n) is 2.26. The summed E-state index contributed by atoms with van der Waals surface area (Å²) in [6.07, 6.45) is 1.61. The predicted octanol–water partition coefficient (Wildman–Crippen LogP) is 1.80. The van der Waals surface area contributed by atoms with Crippen molar-refractivity contribution in [2.24, 2.45) is 0 Å². The highest BCUT2D eigenvalue weighted by molar-refractivity contribution is 7.91. The number of benzene rings is 1. The lowest BCUT2D eigenvalue weighted by molar-refractivity contribution is 0.480. The van der Waals surface area contributed by atoms with Gasteiger partial charge in [0.15, 0.2) is 9.84 Å². The fourth-order valence-corrected chi connectivity index (χ4v) is 3.93. The molecule has 2 rings (SSSR count). The van der Waals surface area contributed by atoms with Crippen molar-refractivity contribution in [3.8, 4) is 0 Å². The number of aryl methyl sites for hydroxylation is 1. The van der Waals surface area contributed by atoms with Gasteiger partial charge >= 0.3 is 0 Å². The Bertz CT molecular complexity index is 528. The van der Waals surface area contributed by atoms with Crippen LogP contribution in [0.25, 0.3) is 0 Å². The zero-order valence-corrected chi connectivity index (χ0v) is 11.3. The van der Waals surface area contributed by atoms with Crippen LogP contribution in [0.4, 0.5) is 4.39 Å². The summed E-state index contributed by atoms with van der Waals surface area (Å²) in [6.45, 7) is 2.31. The summed E-state index contributed by atoms with van der Waals surface area (Å²) in [7, 11) is -2.87. The average molecular weight is 271 g/mol. The Hall–Kier alpha value is -0.940. The molecule has 1 fully saturated rings. The highest BCUT2D eigenvalue weighted by atomic mass is 32.2. The molecule has 0 amide bonds. The van der Waals surface area contributed by atoms with E-state index < -0.39 is 9.84 Å². The lowest BCUT2D eigenvalue weighted by Gasteiger charge is -2.23. The van der Waals surface area contributed by atoms with Gasteiger partial charge in [-0.3, -0.25) is 0 Å². The molecule has 1 atom stereocenters. The molecule has 0 bridgehead atoms. The van der Waals surface area contributed by atoms with Crippen LogP contribution in [0.3, 0.4) is 0 Å². The van der Waals surface area contributed by atoms with E-state index in [0.717, 1.165) is 18.4 Å². The Morgan fingerprint density at radius 2 is 2.22 bits per heavy atom. The predicted molar refractivity (Wildman–Crippen MR) is 69.7 cm³/mol. The van der Waals surface area contributed by atoms with Crippen LogP contribution in [0.5, 0.6) is 0 Å². The molecule has 1 saturated heterocycles. The third-order valence-corrected chi connectivity index (χ3v) is 5.10. The molecule has 1 aromatic rings. The number of sulfone groups is 1. The second-order valence-corrected chi connectivity index (χ2v) is 7.15. The molecule has 3 nitrogen and oxygen atoms in total. The van der Waals surface area contributed by atoms with Crippen molar-refractivity contribution in [1.82, 2.24) is 5.32 Å². The van der Waals surface area contributed by atoms with Gasteiger partial charge in [0, 0.05) is 12.6 Å². The molecule has 1 N–H and O–H groups in total. The van der Waals surface area contributed by atoms with Crippen LogP contribution in [0, 0.1) is 12.7 Å². The van der Waals surface area contributed by atoms with Crippen molar-refractivity contribution in [2.75, 3.05) is 11.5 Å². The van der Waals surface area contributed by atoms with Gasteiger partial charge in [0.05, 0.1) is 11.5 Å². The van der Waals surface area contributed by atoms with Gasteiger partial charge in [-0.15, -0.1) is 0 Å². The van der Waals surface area contributed by atoms with E-state index in [0.29, 0.717) is 17.9 Å². The summed E-state index contributed by atoms with van der Waals surface area (Å²) in [5.74, 6) is 0.313. The maximum absolute atomic E-state index is 13.1. The van der Waals surface area contributed by atoms with E-state index in [1.807, 2.05) is 0 Å². The Balaban J connectivity index is 1.93. The summed E-state index contributed by atoms with van der Waals surface area (Å²) in [6, 6.07) is 4.99. The second-order valence-electron chi connectivity index (χ2n) is 4.92. The van der Waals surface area contributed by atoms with Gasteiger partial charge in [-0.1, -0.05) is 12.1 Å². The first-order valence-electron chi connectivity index (χ1n) is 6.15. The van der Waals surface area contributed by atoms with Crippen LogP contribution in [0.2, 0.25) is 0 Å². The minimum Gasteiger partial charge on any atom is -0.309 e. The third-order valence-electron chi connectivity index (χ3n) is 3.28. The Kier molecular flexibility index (Phi) is 4.02. The molecule has 0 aliphatic carbocycles. The van der Waals surface area contributed by atoms with E-state index in [1.54, 1.807) is 19.1 Å². The molecule has 0 saturated carbocycles. The second kappa shape index (κ2) is 5.36. The lowest BCUT2D eigenvalue weighted by Crippen LogP contribution is -2.39. The molecule has 0 radical (unpaired) electrons. The number of hydrogen-bond donors (Lipinski definition) is 1. The van der Waals surface area contributed by atoms with Gasteiger partial charge in [0.2, 0.25) is 0 Å². The summed E-state index contributed by atoms with van der Waals surface area (Å²) in [5, 5.41) is 3.24. The Morgan fingerprint density at radius 3 is 2.89 bits per heavy atom. The number of rotatable bonds is 3. The van der Waals surface area contributed by atoms with Crippen molar-refractivity contribution < 1.29 is 12.8 Å². The fraction of sp³-hybridized carbons (Fsp3) is 0.538. The minimum absolute atomic E-state index is 0.0223. The molecule has 0 aromatic heterocycles. The van der Waals surface area contributed by atoms with Crippen LogP contribution < -0.4 is 5.32 Å². The maximum atomic E-state index is 13.1. The highest BCUT2D eigenvalue weighted by Crippen LogP contribution is 2.14. The zero-order chi connectivity index (χ0) is 13.2. The minimum atomic E-state index is -2.87. The van der Waals surface area contributed by atoms with Crippen molar-refractivity contribution in [1.29, 1.82) is 0 Å². The molecule has 5 heteroatoms. The Morgan fingerprint density at radius 1 is 1.44 bits per heavy atom. The highest BCUT2D eigenvalue weighted by Gasteiger charge is 2.24. The smallest absolute Gasteiger partial charge is 0.151 e. The number of nitrogens with one attached hydrogen (secondary N) is 1. The molecule has 1 aromatic carbocycles. The third kappa shape index (κ3) is 3.53. The van der Waals surface area contributed by atoms with E-state index in [1.165, 1.54) is 6.07 Å². The van der Waals surface area contributed by atoms with Gasteiger partial charge in [0.25, 0.3) is 0 Å². The van der Waals surface area contributed by atoms with Crippen LogP contribution in [-0.2, 0) is 16.4 Å². The van der Waals surface area contributed by atoms with Gasteiger partial charge in [-0.05, 0) is 37.0 Å². The monoisotopic (exact) mass is 271 g/mol. The normalized spacial score (nSPS) is 22.9. The van der Waals surface area contributed by atoms with Gasteiger partial charge < -0.3 is 5.32 Å². The molecule has 1 heterocycles. The van der Waals surface area contributed by atoms with Crippen molar-refractivity contribution in [2.45, 2.75) is 32.4 Å². The average Bonchev–Trinajstić information content (AvgIpc) is 2.29. The molecule has 1 unspecified atom stereocenters. The van der Waals surface area contributed by atoms with Crippen molar-refractivity contribution in [3.05, 3.63) is 35.1 Å². The topological polar surface area (TPSA) is 46.2 Å². The number of hydrogen-bond acceptors (Lipinski definition) is 3. The molecule has 0 spiro atoms. The van der Waals surface area contributed by atoms with E-state index in [-0.39, 0.29) is 17.6 Å². The van der Waals surface area contributed by atoms with E-state index in [4.69, 9.17) is 0 Å². The molecular weight excluding hydrogens is 253 g/mol. The molecular formula is C13H18FNO2S. The first-order valence-corrected chi connectivity index (χ1v) is 7.97. The Labute approximate surface area is 107 Å². The van der Waals surface area contributed by atoms with E-state index >= 15 is 0 Å². The molecule has 1 aliphatic rings. The zero-order valence-electron chi connectivity index (χ0n) is 10.4. The van der Waals surface area contributed by atoms with E-state index in [9.17, 15) is 12.8 Å². The van der Waals surface area contributed by atoms with Crippen LogP contribution in [0.15, 0.2) is 18.2 Å². The summed E-state index contributed by atoms with van der Waals surface area (Å²) in [5.41, 5.74) is 1.60. The van der Waals surface area contributed by atoms with Gasteiger partial charge in [-0.2, -0.15) is 0 Å². The van der Waals surface area contributed by atoms with Crippen LogP contribution in [-0.4, -0.2) is 26.0 Å². The van der Waals surface area contributed by atoms with Gasteiger partial charge in [-0.25, -0.2) is 12.8 Å². The molecule has 18 heavy (non-hydrogen) atoms. The standard InChI is InChI=1S/C13H18FNO2S/c1-10-7-11(4-5-13(10)14)8-15-12-3-2-6-18(16,17)9-12/h4-5,7,12,15H,2-3,6,8-9H2,1H3. The largest absolute Gasteiger partial charge is 0.309 e. The molecule has 100 valence electrons. The van der Waals surface area contributed by atoms with Crippen LogP contribution in [0.1, 0.15) is 24.0 Å². The summed E-state index contributed by atoms with van der Waals surface area (Å²) in [4.78, 5) is 0. The lowest BCUT2D eigenvalue weighted by atomic mass is 10.1. The quantitative estimate of drug-likeness (QED) is 0.912. The van der Waals surface area contributed by atoms with Gasteiger partial charge in [0.1, 0.15) is 5.82 Å². The van der Waals surface area contributed by atoms with Crippen LogP contribution >= 0.6 is 0 Å². The first kappa shape index (κ1) is 13.5. The molecule has 1 aliphatic heterocycles. The number of halogens is 1. The van der Waals surface area contributed by atoms with Crippen molar-refractivity contribution in [3.63, 3.8) is 0 Å². The first-order chi connectivity index (χ1) is 8.46. The maximum Gasteiger partial charge on any atom is 0.151 e.